The van der Waals surface area contributed by atoms with E-state index in [-0.39, 0.29) is 6.10 Å². The Bertz CT molecular complexity index is 238. The van der Waals surface area contributed by atoms with Crippen LogP contribution in [0.1, 0.15) is 25.0 Å². The maximum atomic E-state index is 9.60. The third-order valence-electron chi connectivity index (χ3n) is 1.78. The first-order valence-corrected chi connectivity index (χ1v) is 4.18. The summed E-state index contributed by atoms with van der Waals surface area (Å²) in [6, 6.07) is 9.70. The molecule has 1 nitrogen and oxygen atoms in total. The van der Waals surface area contributed by atoms with Gasteiger partial charge in [-0.3, -0.25) is 0 Å². The zero-order valence-electron chi connectivity index (χ0n) is 7.27. The van der Waals surface area contributed by atoms with Gasteiger partial charge in [-0.1, -0.05) is 42.5 Å². The lowest BCUT2D eigenvalue weighted by Crippen LogP contribution is -1.94. The van der Waals surface area contributed by atoms with Gasteiger partial charge in [0.15, 0.2) is 0 Å². The molecule has 1 N–H and O–H groups in total. The number of rotatable bonds is 3. The van der Waals surface area contributed by atoms with Gasteiger partial charge in [0.05, 0.1) is 6.10 Å². The largest absolute Gasteiger partial charge is 0.388 e. The molecule has 1 heteroatoms. The molecule has 1 atom stereocenters. The van der Waals surface area contributed by atoms with Crippen LogP contribution in [-0.4, -0.2) is 5.11 Å². The second kappa shape index (κ2) is 4.73. The van der Waals surface area contributed by atoms with Gasteiger partial charge in [0.2, 0.25) is 0 Å². The standard InChI is InChI=1S/C11H14O/c1-2-3-9-11(12)10-7-5-4-6-8-10/h2-8,11-12H,9H2,1H3/b3-2+/t11-/m1/s1. The minimum atomic E-state index is -0.359. The predicted molar refractivity (Wildman–Crippen MR) is 50.8 cm³/mol. The Morgan fingerprint density at radius 2 is 2.00 bits per heavy atom. The highest BCUT2D eigenvalue weighted by Gasteiger charge is 2.02. The predicted octanol–water partition coefficient (Wildman–Crippen LogP) is 2.69. The average Bonchev–Trinajstić information content (AvgIpc) is 2.15. The second-order valence-electron chi connectivity index (χ2n) is 2.73. The lowest BCUT2D eigenvalue weighted by Gasteiger charge is -2.06. The molecule has 0 saturated carbocycles. The second-order valence-corrected chi connectivity index (χ2v) is 2.73. The summed E-state index contributed by atoms with van der Waals surface area (Å²) >= 11 is 0. The molecule has 0 amide bonds. The van der Waals surface area contributed by atoms with Crippen molar-refractivity contribution in [2.45, 2.75) is 19.4 Å². The first-order chi connectivity index (χ1) is 5.84. The fraction of sp³-hybridized carbons (Fsp3) is 0.273. The summed E-state index contributed by atoms with van der Waals surface area (Å²) in [4.78, 5) is 0. The van der Waals surface area contributed by atoms with Gasteiger partial charge in [-0.15, -0.1) is 0 Å². The van der Waals surface area contributed by atoms with Crippen molar-refractivity contribution in [3.63, 3.8) is 0 Å². The van der Waals surface area contributed by atoms with Gasteiger partial charge in [-0.2, -0.15) is 0 Å². The van der Waals surface area contributed by atoms with Crippen molar-refractivity contribution in [1.82, 2.24) is 0 Å². The maximum Gasteiger partial charge on any atom is 0.0824 e. The number of benzene rings is 1. The summed E-state index contributed by atoms with van der Waals surface area (Å²) in [5.74, 6) is 0. The highest BCUT2D eigenvalue weighted by atomic mass is 16.3. The van der Waals surface area contributed by atoms with Crippen LogP contribution in [0.5, 0.6) is 0 Å². The third kappa shape index (κ3) is 2.51. The number of aliphatic hydroxyl groups excluding tert-OH is 1. The van der Waals surface area contributed by atoms with Gasteiger partial charge in [0.1, 0.15) is 0 Å². The molecule has 1 rings (SSSR count). The molecule has 0 aliphatic carbocycles. The zero-order chi connectivity index (χ0) is 8.81. The third-order valence-corrected chi connectivity index (χ3v) is 1.78. The number of hydrogen-bond donors (Lipinski definition) is 1. The SMILES string of the molecule is C/C=C/C[C@@H](O)c1ccccc1. The molecule has 64 valence electrons. The Morgan fingerprint density at radius 3 is 2.58 bits per heavy atom. The lowest BCUT2D eigenvalue weighted by atomic mass is 10.1. The van der Waals surface area contributed by atoms with Crippen LogP contribution in [0.4, 0.5) is 0 Å². The van der Waals surface area contributed by atoms with E-state index in [2.05, 4.69) is 0 Å². The molecular formula is C11H14O. The summed E-state index contributed by atoms with van der Waals surface area (Å²) in [6.07, 6.45) is 4.26. The van der Waals surface area contributed by atoms with E-state index in [4.69, 9.17) is 0 Å². The molecule has 0 spiro atoms. The fourth-order valence-electron chi connectivity index (χ4n) is 1.08. The summed E-state index contributed by atoms with van der Waals surface area (Å²) in [5, 5.41) is 9.60. The molecule has 1 aromatic rings. The van der Waals surface area contributed by atoms with Crippen LogP contribution in [0.2, 0.25) is 0 Å². The molecule has 0 heterocycles. The molecule has 0 aromatic heterocycles. The van der Waals surface area contributed by atoms with Crippen LogP contribution in [-0.2, 0) is 0 Å². The molecule has 1 aromatic carbocycles. The van der Waals surface area contributed by atoms with Crippen molar-refractivity contribution in [1.29, 1.82) is 0 Å². The quantitative estimate of drug-likeness (QED) is 0.677. The number of allylic oxidation sites excluding steroid dienone is 1. The van der Waals surface area contributed by atoms with Crippen LogP contribution < -0.4 is 0 Å². The molecule has 0 aliphatic rings. The van der Waals surface area contributed by atoms with Crippen molar-refractivity contribution in [3.05, 3.63) is 48.0 Å². The normalized spacial score (nSPS) is 13.5. The van der Waals surface area contributed by atoms with E-state index in [0.29, 0.717) is 6.42 Å². The van der Waals surface area contributed by atoms with Crippen LogP contribution in [0.15, 0.2) is 42.5 Å². The van der Waals surface area contributed by atoms with Crippen molar-refractivity contribution in [2.75, 3.05) is 0 Å². The molecule has 0 unspecified atom stereocenters. The van der Waals surface area contributed by atoms with E-state index in [1.807, 2.05) is 49.4 Å². The van der Waals surface area contributed by atoms with E-state index >= 15 is 0 Å². The Morgan fingerprint density at radius 1 is 1.33 bits per heavy atom. The zero-order valence-corrected chi connectivity index (χ0v) is 7.27. The minimum Gasteiger partial charge on any atom is -0.388 e. The Kier molecular flexibility index (Phi) is 3.55. The van der Waals surface area contributed by atoms with Gasteiger partial charge in [-0.25, -0.2) is 0 Å². The van der Waals surface area contributed by atoms with Crippen LogP contribution in [0.25, 0.3) is 0 Å². The van der Waals surface area contributed by atoms with Crippen LogP contribution >= 0.6 is 0 Å². The first-order valence-electron chi connectivity index (χ1n) is 4.18. The summed E-state index contributed by atoms with van der Waals surface area (Å²) < 4.78 is 0. The Balaban J connectivity index is 2.59. The van der Waals surface area contributed by atoms with Gasteiger partial charge in [0, 0.05) is 0 Å². The molecule has 0 radical (unpaired) electrons. The first kappa shape index (κ1) is 9.01. The fourth-order valence-corrected chi connectivity index (χ4v) is 1.08. The van der Waals surface area contributed by atoms with Crippen LogP contribution in [0.3, 0.4) is 0 Å². The monoisotopic (exact) mass is 162 g/mol. The van der Waals surface area contributed by atoms with Crippen LogP contribution in [0, 0.1) is 0 Å². The topological polar surface area (TPSA) is 20.2 Å². The molecule has 0 bridgehead atoms. The van der Waals surface area contributed by atoms with E-state index in [1.54, 1.807) is 0 Å². The molecule has 0 fully saturated rings. The average molecular weight is 162 g/mol. The van der Waals surface area contributed by atoms with Crippen molar-refractivity contribution in [3.8, 4) is 0 Å². The van der Waals surface area contributed by atoms with E-state index in [9.17, 15) is 5.11 Å². The maximum absolute atomic E-state index is 9.60. The van der Waals surface area contributed by atoms with Gasteiger partial charge >= 0.3 is 0 Å². The van der Waals surface area contributed by atoms with Gasteiger partial charge < -0.3 is 5.11 Å². The molecule has 12 heavy (non-hydrogen) atoms. The summed E-state index contributed by atoms with van der Waals surface area (Å²) in [5.41, 5.74) is 0.982. The minimum absolute atomic E-state index is 0.359. The van der Waals surface area contributed by atoms with Gasteiger partial charge in [-0.05, 0) is 18.9 Å². The highest BCUT2D eigenvalue weighted by Crippen LogP contribution is 2.15. The summed E-state index contributed by atoms with van der Waals surface area (Å²) in [6.45, 7) is 1.96. The molecular weight excluding hydrogens is 148 g/mol. The molecule has 0 saturated heterocycles. The van der Waals surface area contributed by atoms with Gasteiger partial charge in [0.25, 0.3) is 0 Å². The summed E-state index contributed by atoms with van der Waals surface area (Å²) in [7, 11) is 0. The number of aliphatic hydroxyl groups is 1. The number of hydrogen-bond acceptors (Lipinski definition) is 1. The Hall–Kier alpha value is -1.08. The molecule has 0 aliphatic heterocycles. The van der Waals surface area contributed by atoms with E-state index in [0.717, 1.165) is 5.56 Å². The van der Waals surface area contributed by atoms with Crippen molar-refractivity contribution >= 4 is 0 Å². The van der Waals surface area contributed by atoms with Crippen molar-refractivity contribution in [2.24, 2.45) is 0 Å². The highest BCUT2D eigenvalue weighted by molar-refractivity contribution is 5.17. The Labute approximate surface area is 73.4 Å². The van der Waals surface area contributed by atoms with E-state index < -0.39 is 0 Å². The smallest absolute Gasteiger partial charge is 0.0824 e. The van der Waals surface area contributed by atoms with Crippen molar-refractivity contribution < 1.29 is 5.11 Å². The lowest BCUT2D eigenvalue weighted by molar-refractivity contribution is 0.181. The van der Waals surface area contributed by atoms with E-state index in [1.165, 1.54) is 0 Å².